The second-order valence-corrected chi connectivity index (χ2v) is 3.34. The monoisotopic (exact) mass is 221 g/mol. The van der Waals surface area contributed by atoms with Crippen LogP contribution in [0.2, 0.25) is 0 Å². The number of aromatic nitrogens is 1. The Morgan fingerprint density at radius 1 is 1.69 bits per heavy atom. The Morgan fingerprint density at radius 2 is 2.44 bits per heavy atom. The molecule has 0 fully saturated rings. The third-order valence-electron chi connectivity index (χ3n) is 2.13. The van der Waals surface area contributed by atoms with Crippen LogP contribution in [0.15, 0.2) is 12.3 Å². The Hall–Kier alpha value is -1.96. The first-order valence-electron chi connectivity index (χ1n) is 5.18. The van der Waals surface area contributed by atoms with E-state index in [2.05, 4.69) is 0 Å². The van der Waals surface area contributed by atoms with E-state index < -0.39 is 5.97 Å². The van der Waals surface area contributed by atoms with Crippen LogP contribution in [0, 0.1) is 11.3 Å². The normalized spacial score (nSPS) is 9.75. The molecular weight excluding hydrogens is 206 g/mol. The van der Waals surface area contributed by atoms with E-state index >= 15 is 0 Å². The molecule has 5 nitrogen and oxygen atoms in total. The number of nitrogens with zero attached hydrogens (tertiary/aromatic N) is 2. The van der Waals surface area contributed by atoms with Crippen molar-refractivity contribution < 1.29 is 9.53 Å². The van der Waals surface area contributed by atoms with Gasteiger partial charge in [0.15, 0.2) is 0 Å². The van der Waals surface area contributed by atoms with Gasteiger partial charge in [-0.05, 0) is 19.4 Å². The van der Waals surface area contributed by atoms with Crippen LogP contribution in [-0.2, 0) is 11.3 Å². The molecular formula is C11H15N3O2. The topological polar surface area (TPSA) is 81.0 Å². The minimum absolute atomic E-state index is 0.265. The molecule has 0 aromatic carbocycles. The quantitative estimate of drug-likeness (QED) is 0.604. The minimum atomic E-state index is -0.392. The van der Waals surface area contributed by atoms with Gasteiger partial charge in [0.05, 0.1) is 18.4 Å². The van der Waals surface area contributed by atoms with Crippen LogP contribution in [-0.4, -0.2) is 17.1 Å². The smallest absolute Gasteiger partial charge is 0.355 e. The number of carbonyl (C=O) groups is 1. The number of nitriles is 1. The summed E-state index contributed by atoms with van der Waals surface area (Å²) in [6, 6.07) is 3.58. The van der Waals surface area contributed by atoms with E-state index in [0.717, 1.165) is 0 Å². The van der Waals surface area contributed by atoms with E-state index in [-0.39, 0.29) is 6.61 Å². The van der Waals surface area contributed by atoms with E-state index in [4.69, 9.17) is 15.7 Å². The second kappa shape index (κ2) is 5.81. The highest BCUT2D eigenvalue weighted by molar-refractivity contribution is 5.89. The van der Waals surface area contributed by atoms with Crippen molar-refractivity contribution in [1.82, 2.24) is 4.57 Å². The molecule has 1 aromatic rings. The van der Waals surface area contributed by atoms with Gasteiger partial charge in [0.2, 0.25) is 0 Å². The summed E-state index contributed by atoms with van der Waals surface area (Å²) in [6.45, 7) is 2.85. The van der Waals surface area contributed by atoms with Gasteiger partial charge in [0.25, 0.3) is 0 Å². The third-order valence-corrected chi connectivity index (χ3v) is 2.13. The SMILES string of the molecule is CCn1cc(N)cc1C(=O)OCCCC#N. The number of anilines is 1. The third kappa shape index (κ3) is 3.02. The molecule has 0 aliphatic rings. The number of unbranched alkanes of at least 4 members (excludes halogenated alkanes) is 1. The lowest BCUT2D eigenvalue weighted by molar-refractivity contribution is 0.0489. The average molecular weight is 221 g/mol. The van der Waals surface area contributed by atoms with Crippen molar-refractivity contribution in [3.05, 3.63) is 18.0 Å². The zero-order valence-corrected chi connectivity index (χ0v) is 9.27. The van der Waals surface area contributed by atoms with E-state index in [9.17, 15) is 4.79 Å². The van der Waals surface area contributed by atoms with Crippen molar-refractivity contribution in [2.45, 2.75) is 26.3 Å². The van der Waals surface area contributed by atoms with Crippen molar-refractivity contribution in [1.29, 1.82) is 5.26 Å². The van der Waals surface area contributed by atoms with Gasteiger partial charge in [-0.15, -0.1) is 0 Å². The minimum Gasteiger partial charge on any atom is -0.461 e. The van der Waals surface area contributed by atoms with Gasteiger partial charge in [-0.1, -0.05) is 0 Å². The van der Waals surface area contributed by atoms with Gasteiger partial charge < -0.3 is 15.0 Å². The predicted molar refractivity (Wildman–Crippen MR) is 59.6 cm³/mol. The highest BCUT2D eigenvalue weighted by Crippen LogP contribution is 2.11. The number of aryl methyl sites for hydroxylation is 1. The standard InChI is InChI=1S/C11H15N3O2/c1-2-14-8-9(13)7-10(14)11(15)16-6-4-3-5-12/h7-8H,2-4,6,13H2,1H3. The average Bonchev–Trinajstić information content (AvgIpc) is 2.65. The lowest BCUT2D eigenvalue weighted by Gasteiger charge is -2.05. The molecule has 86 valence electrons. The van der Waals surface area contributed by atoms with Crippen LogP contribution in [0.25, 0.3) is 0 Å². The van der Waals surface area contributed by atoms with Crippen molar-refractivity contribution >= 4 is 11.7 Å². The van der Waals surface area contributed by atoms with Gasteiger partial charge in [0, 0.05) is 19.2 Å². The maximum atomic E-state index is 11.6. The van der Waals surface area contributed by atoms with E-state index in [1.807, 2.05) is 13.0 Å². The van der Waals surface area contributed by atoms with Gasteiger partial charge in [-0.2, -0.15) is 5.26 Å². The van der Waals surface area contributed by atoms with Gasteiger partial charge in [-0.3, -0.25) is 0 Å². The molecule has 0 unspecified atom stereocenters. The summed E-state index contributed by atoms with van der Waals surface area (Å²) < 4.78 is 6.76. The Morgan fingerprint density at radius 3 is 3.06 bits per heavy atom. The van der Waals surface area contributed by atoms with Gasteiger partial charge in [0.1, 0.15) is 5.69 Å². The van der Waals surface area contributed by atoms with E-state index in [1.165, 1.54) is 0 Å². The molecule has 0 radical (unpaired) electrons. The number of hydrogen-bond acceptors (Lipinski definition) is 4. The fraction of sp³-hybridized carbons (Fsp3) is 0.455. The van der Waals surface area contributed by atoms with Gasteiger partial charge in [-0.25, -0.2) is 4.79 Å². The molecule has 0 atom stereocenters. The number of ether oxygens (including phenoxy) is 1. The lowest BCUT2D eigenvalue weighted by Crippen LogP contribution is -2.11. The molecule has 2 N–H and O–H groups in total. The first-order chi connectivity index (χ1) is 7.69. The number of carbonyl (C=O) groups excluding carboxylic acids is 1. The van der Waals surface area contributed by atoms with Crippen LogP contribution >= 0.6 is 0 Å². The highest BCUT2D eigenvalue weighted by Gasteiger charge is 2.12. The Labute approximate surface area is 94.4 Å². The van der Waals surface area contributed by atoms with Crippen molar-refractivity contribution in [2.75, 3.05) is 12.3 Å². The molecule has 5 heteroatoms. The number of nitrogen functional groups attached to an aromatic ring is 1. The molecule has 0 aliphatic carbocycles. The number of rotatable bonds is 5. The second-order valence-electron chi connectivity index (χ2n) is 3.34. The number of esters is 1. The molecule has 0 saturated heterocycles. The molecule has 0 saturated carbocycles. The molecule has 16 heavy (non-hydrogen) atoms. The van der Waals surface area contributed by atoms with Crippen LogP contribution in [0.3, 0.4) is 0 Å². The van der Waals surface area contributed by atoms with Crippen molar-refractivity contribution in [2.24, 2.45) is 0 Å². The molecule has 0 bridgehead atoms. The summed E-state index contributed by atoms with van der Waals surface area (Å²) in [5.74, 6) is -0.392. The summed E-state index contributed by atoms with van der Waals surface area (Å²) >= 11 is 0. The van der Waals surface area contributed by atoms with Crippen LogP contribution < -0.4 is 5.73 Å². The Balaban J connectivity index is 2.55. The summed E-state index contributed by atoms with van der Waals surface area (Å²) in [5.41, 5.74) is 6.60. The maximum absolute atomic E-state index is 11.6. The zero-order chi connectivity index (χ0) is 12.0. The van der Waals surface area contributed by atoms with Crippen LogP contribution in [0.1, 0.15) is 30.3 Å². The zero-order valence-electron chi connectivity index (χ0n) is 9.27. The Bertz CT molecular complexity index is 404. The molecule has 0 spiro atoms. The number of nitrogens with two attached hydrogens (primary N) is 1. The van der Waals surface area contributed by atoms with Crippen LogP contribution in [0.4, 0.5) is 5.69 Å². The summed E-state index contributed by atoms with van der Waals surface area (Å²) in [5, 5.41) is 8.32. The summed E-state index contributed by atoms with van der Waals surface area (Å²) in [6.07, 6.45) is 2.65. The maximum Gasteiger partial charge on any atom is 0.355 e. The molecule has 1 rings (SSSR count). The molecule has 1 heterocycles. The van der Waals surface area contributed by atoms with E-state index in [0.29, 0.717) is 30.8 Å². The summed E-state index contributed by atoms with van der Waals surface area (Å²) in [7, 11) is 0. The van der Waals surface area contributed by atoms with Gasteiger partial charge >= 0.3 is 5.97 Å². The lowest BCUT2D eigenvalue weighted by atomic mass is 10.3. The largest absolute Gasteiger partial charge is 0.461 e. The van der Waals surface area contributed by atoms with Crippen molar-refractivity contribution in [3.63, 3.8) is 0 Å². The first-order valence-corrected chi connectivity index (χ1v) is 5.18. The fourth-order valence-electron chi connectivity index (χ4n) is 1.36. The molecule has 1 aromatic heterocycles. The van der Waals surface area contributed by atoms with Crippen LogP contribution in [0.5, 0.6) is 0 Å². The Kier molecular flexibility index (Phi) is 4.40. The molecule has 0 aliphatic heterocycles. The summed E-state index contributed by atoms with van der Waals surface area (Å²) in [4.78, 5) is 11.6. The van der Waals surface area contributed by atoms with Crippen molar-refractivity contribution in [3.8, 4) is 6.07 Å². The number of hydrogen-bond donors (Lipinski definition) is 1. The predicted octanol–water partition coefficient (Wildman–Crippen LogP) is 1.55. The van der Waals surface area contributed by atoms with E-state index in [1.54, 1.807) is 16.8 Å². The fourth-order valence-corrected chi connectivity index (χ4v) is 1.36. The first kappa shape index (κ1) is 12.1. The molecule has 0 amide bonds. The highest BCUT2D eigenvalue weighted by atomic mass is 16.5.